The Labute approximate surface area is 140 Å². The number of carbonyl (C=O) groups is 1. The Morgan fingerprint density at radius 3 is 2.38 bits per heavy atom. The van der Waals surface area contributed by atoms with Gasteiger partial charge in [-0.3, -0.25) is 4.79 Å². The first kappa shape index (κ1) is 16.0. The SMILES string of the molecule is O=C(O)CCN(Cc1ccc(Br)c(Br)c1)c1ccccc1. The van der Waals surface area contributed by atoms with Gasteiger partial charge in [0.25, 0.3) is 0 Å². The van der Waals surface area contributed by atoms with Crippen LogP contribution in [-0.2, 0) is 11.3 Å². The Hall–Kier alpha value is -1.33. The summed E-state index contributed by atoms with van der Waals surface area (Å²) in [7, 11) is 0. The molecule has 5 heteroatoms. The average Bonchev–Trinajstić information content (AvgIpc) is 2.48. The minimum absolute atomic E-state index is 0.118. The van der Waals surface area contributed by atoms with Crippen LogP contribution in [0.2, 0.25) is 0 Å². The predicted molar refractivity (Wildman–Crippen MR) is 91.6 cm³/mol. The van der Waals surface area contributed by atoms with Gasteiger partial charge in [0.2, 0.25) is 0 Å². The van der Waals surface area contributed by atoms with Crippen molar-refractivity contribution in [2.45, 2.75) is 13.0 Å². The first-order valence-corrected chi connectivity index (χ1v) is 8.10. The molecule has 0 amide bonds. The largest absolute Gasteiger partial charge is 0.481 e. The lowest BCUT2D eigenvalue weighted by Gasteiger charge is -2.24. The number of halogens is 2. The molecule has 0 unspecified atom stereocenters. The van der Waals surface area contributed by atoms with Crippen LogP contribution in [-0.4, -0.2) is 17.6 Å². The molecule has 0 spiro atoms. The number of hydrogen-bond acceptors (Lipinski definition) is 2. The molecule has 0 saturated heterocycles. The van der Waals surface area contributed by atoms with E-state index in [2.05, 4.69) is 36.8 Å². The molecule has 2 aromatic carbocycles. The fourth-order valence-corrected chi connectivity index (χ4v) is 2.70. The molecular weight excluding hydrogens is 398 g/mol. The molecule has 2 aromatic rings. The highest BCUT2D eigenvalue weighted by molar-refractivity contribution is 9.13. The van der Waals surface area contributed by atoms with E-state index >= 15 is 0 Å². The van der Waals surface area contributed by atoms with E-state index in [1.165, 1.54) is 0 Å². The van der Waals surface area contributed by atoms with E-state index < -0.39 is 5.97 Å². The molecule has 0 aliphatic carbocycles. The summed E-state index contributed by atoms with van der Waals surface area (Å²) in [5.74, 6) is -0.784. The molecule has 2 rings (SSSR count). The van der Waals surface area contributed by atoms with E-state index in [1.54, 1.807) is 0 Å². The summed E-state index contributed by atoms with van der Waals surface area (Å²) >= 11 is 6.95. The number of carboxylic acid groups (broad SMARTS) is 1. The molecule has 1 N–H and O–H groups in total. The van der Waals surface area contributed by atoms with Crippen LogP contribution in [0.1, 0.15) is 12.0 Å². The number of rotatable bonds is 6. The van der Waals surface area contributed by atoms with Gasteiger partial charge in [0.1, 0.15) is 0 Å². The Balaban J connectivity index is 2.18. The molecular formula is C16H15Br2NO2. The third-order valence-electron chi connectivity index (χ3n) is 3.07. The van der Waals surface area contributed by atoms with Gasteiger partial charge in [-0.05, 0) is 61.7 Å². The standard InChI is InChI=1S/C16H15Br2NO2/c17-14-7-6-12(10-15(14)18)11-19(9-8-16(20)21)13-4-2-1-3-5-13/h1-7,10H,8-9,11H2,(H,20,21). The maximum absolute atomic E-state index is 10.8. The third-order valence-corrected chi connectivity index (χ3v) is 4.95. The van der Waals surface area contributed by atoms with Gasteiger partial charge in [0.05, 0.1) is 6.42 Å². The summed E-state index contributed by atoms with van der Waals surface area (Å²) in [5, 5.41) is 8.92. The average molecular weight is 413 g/mol. The lowest BCUT2D eigenvalue weighted by atomic mass is 10.2. The second-order valence-corrected chi connectivity index (χ2v) is 6.36. The fourth-order valence-electron chi connectivity index (χ4n) is 2.03. The van der Waals surface area contributed by atoms with Crippen LogP contribution in [0.5, 0.6) is 0 Å². The highest BCUT2D eigenvalue weighted by Gasteiger charge is 2.10. The van der Waals surface area contributed by atoms with Gasteiger partial charge in [-0.25, -0.2) is 0 Å². The molecule has 110 valence electrons. The van der Waals surface area contributed by atoms with Crippen molar-refractivity contribution in [3.63, 3.8) is 0 Å². The van der Waals surface area contributed by atoms with E-state index in [0.717, 1.165) is 20.2 Å². The zero-order chi connectivity index (χ0) is 15.2. The van der Waals surface area contributed by atoms with Crippen molar-refractivity contribution in [1.82, 2.24) is 0 Å². The Kier molecular flexibility index (Phi) is 5.82. The molecule has 21 heavy (non-hydrogen) atoms. The van der Waals surface area contributed by atoms with Gasteiger partial charge in [-0.1, -0.05) is 24.3 Å². The van der Waals surface area contributed by atoms with E-state index in [0.29, 0.717) is 13.1 Å². The summed E-state index contributed by atoms with van der Waals surface area (Å²) in [6.45, 7) is 1.15. The molecule has 0 aliphatic heterocycles. The summed E-state index contributed by atoms with van der Waals surface area (Å²) in [5.41, 5.74) is 2.15. The predicted octanol–water partition coefficient (Wildman–Crippen LogP) is 4.69. The third kappa shape index (κ3) is 4.86. The van der Waals surface area contributed by atoms with Crippen LogP contribution in [0.15, 0.2) is 57.5 Å². The number of aliphatic carboxylic acids is 1. The Morgan fingerprint density at radius 1 is 1.05 bits per heavy atom. The van der Waals surface area contributed by atoms with Crippen molar-refractivity contribution in [2.75, 3.05) is 11.4 Å². The van der Waals surface area contributed by atoms with Gasteiger partial charge in [-0.15, -0.1) is 0 Å². The molecule has 0 aliphatic rings. The monoisotopic (exact) mass is 411 g/mol. The zero-order valence-electron chi connectivity index (χ0n) is 11.3. The molecule has 0 fully saturated rings. The number of hydrogen-bond donors (Lipinski definition) is 1. The summed E-state index contributed by atoms with van der Waals surface area (Å²) < 4.78 is 1.99. The topological polar surface area (TPSA) is 40.5 Å². The highest BCUT2D eigenvalue weighted by atomic mass is 79.9. The van der Waals surface area contributed by atoms with Crippen LogP contribution in [0, 0.1) is 0 Å². The van der Waals surface area contributed by atoms with E-state index in [9.17, 15) is 4.79 Å². The summed E-state index contributed by atoms with van der Waals surface area (Å²) in [6.07, 6.45) is 0.118. The maximum atomic E-state index is 10.8. The van der Waals surface area contributed by atoms with Crippen molar-refractivity contribution in [3.8, 4) is 0 Å². The molecule has 0 heterocycles. The minimum atomic E-state index is -0.784. The van der Waals surface area contributed by atoms with Crippen LogP contribution in [0.25, 0.3) is 0 Å². The van der Waals surface area contributed by atoms with Crippen molar-refractivity contribution in [3.05, 3.63) is 63.0 Å². The molecule has 0 aromatic heterocycles. The first-order valence-electron chi connectivity index (χ1n) is 6.52. The zero-order valence-corrected chi connectivity index (χ0v) is 14.5. The van der Waals surface area contributed by atoms with Crippen LogP contribution >= 0.6 is 31.9 Å². The summed E-state index contributed by atoms with van der Waals surface area (Å²) in [6, 6.07) is 15.9. The normalized spacial score (nSPS) is 10.4. The molecule has 0 saturated carbocycles. The highest BCUT2D eigenvalue weighted by Crippen LogP contribution is 2.25. The maximum Gasteiger partial charge on any atom is 0.305 e. The first-order chi connectivity index (χ1) is 10.1. The van der Waals surface area contributed by atoms with Crippen molar-refractivity contribution in [2.24, 2.45) is 0 Å². The Bertz CT molecular complexity index is 617. The van der Waals surface area contributed by atoms with Crippen LogP contribution < -0.4 is 4.90 Å². The molecule has 3 nitrogen and oxygen atoms in total. The number of benzene rings is 2. The molecule has 0 atom stereocenters. The van der Waals surface area contributed by atoms with Gasteiger partial charge in [0, 0.05) is 27.7 Å². The minimum Gasteiger partial charge on any atom is -0.481 e. The second kappa shape index (κ2) is 7.61. The fraction of sp³-hybridized carbons (Fsp3) is 0.188. The number of anilines is 1. The van der Waals surface area contributed by atoms with Crippen molar-refractivity contribution >= 4 is 43.5 Å². The van der Waals surface area contributed by atoms with E-state index in [4.69, 9.17) is 5.11 Å². The lowest BCUT2D eigenvalue weighted by Crippen LogP contribution is -2.25. The van der Waals surface area contributed by atoms with Crippen LogP contribution in [0.3, 0.4) is 0 Å². The van der Waals surface area contributed by atoms with Crippen LogP contribution in [0.4, 0.5) is 5.69 Å². The van der Waals surface area contributed by atoms with Gasteiger partial charge < -0.3 is 10.0 Å². The molecule has 0 bridgehead atoms. The number of nitrogens with zero attached hydrogens (tertiary/aromatic N) is 1. The van der Waals surface area contributed by atoms with Gasteiger partial charge in [-0.2, -0.15) is 0 Å². The van der Waals surface area contributed by atoms with Crippen molar-refractivity contribution in [1.29, 1.82) is 0 Å². The Morgan fingerprint density at radius 2 is 1.76 bits per heavy atom. The number of para-hydroxylation sites is 1. The number of carboxylic acids is 1. The van der Waals surface area contributed by atoms with E-state index in [-0.39, 0.29) is 6.42 Å². The smallest absolute Gasteiger partial charge is 0.305 e. The summed E-state index contributed by atoms with van der Waals surface area (Å²) in [4.78, 5) is 12.9. The van der Waals surface area contributed by atoms with Crippen molar-refractivity contribution < 1.29 is 9.90 Å². The van der Waals surface area contributed by atoms with E-state index in [1.807, 2.05) is 48.5 Å². The lowest BCUT2D eigenvalue weighted by molar-refractivity contribution is -0.136. The molecule has 0 radical (unpaired) electrons. The second-order valence-electron chi connectivity index (χ2n) is 4.65. The quantitative estimate of drug-likeness (QED) is 0.747. The van der Waals surface area contributed by atoms with Gasteiger partial charge in [0.15, 0.2) is 0 Å². The van der Waals surface area contributed by atoms with Gasteiger partial charge >= 0.3 is 5.97 Å².